The highest BCUT2D eigenvalue weighted by Gasteiger charge is 2.31. The van der Waals surface area contributed by atoms with Gasteiger partial charge in [0.05, 0.1) is 18.5 Å². The van der Waals surface area contributed by atoms with Crippen LogP contribution in [-0.4, -0.2) is 24.7 Å². The Morgan fingerprint density at radius 3 is 2.65 bits per heavy atom. The first-order chi connectivity index (χ1) is 9.60. The van der Waals surface area contributed by atoms with Crippen molar-refractivity contribution in [3.05, 3.63) is 17.9 Å². The Kier molecular flexibility index (Phi) is 5.02. The molecule has 1 saturated carbocycles. The van der Waals surface area contributed by atoms with Crippen LogP contribution in [0.15, 0.2) is 12.1 Å². The topological polar surface area (TPSA) is 47.3 Å². The number of rotatable bonds is 5. The van der Waals surface area contributed by atoms with Crippen LogP contribution >= 0.6 is 11.8 Å². The van der Waals surface area contributed by atoms with Crippen LogP contribution in [0.25, 0.3) is 0 Å². The summed E-state index contributed by atoms with van der Waals surface area (Å²) in [7, 11) is 1.46. The highest BCUT2D eigenvalue weighted by Crippen LogP contribution is 2.39. The summed E-state index contributed by atoms with van der Waals surface area (Å²) in [6.07, 6.45) is 8.50. The molecule has 0 spiro atoms. The van der Waals surface area contributed by atoms with E-state index in [1.807, 2.05) is 11.8 Å². The van der Waals surface area contributed by atoms with Crippen LogP contribution < -0.4 is 15.8 Å². The molecule has 1 aliphatic rings. The minimum absolute atomic E-state index is 0.226. The second-order valence-electron chi connectivity index (χ2n) is 5.38. The van der Waals surface area contributed by atoms with Gasteiger partial charge in [-0.3, -0.25) is 0 Å². The summed E-state index contributed by atoms with van der Waals surface area (Å²) < 4.78 is 18.8. The van der Waals surface area contributed by atoms with Crippen molar-refractivity contribution in [3.63, 3.8) is 0 Å². The zero-order chi connectivity index (χ0) is 14.6. The van der Waals surface area contributed by atoms with Crippen molar-refractivity contribution < 1.29 is 9.13 Å². The number of nitrogen functional groups attached to an aromatic ring is 1. The van der Waals surface area contributed by atoms with Crippen LogP contribution in [0.5, 0.6) is 5.75 Å². The average Bonchev–Trinajstić information content (AvgIpc) is 2.47. The molecule has 5 heteroatoms. The first-order valence-electron chi connectivity index (χ1n) is 7.02. The quantitative estimate of drug-likeness (QED) is 0.810. The van der Waals surface area contributed by atoms with Crippen molar-refractivity contribution in [1.29, 1.82) is 0 Å². The van der Waals surface area contributed by atoms with E-state index in [0.717, 1.165) is 12.2 Å². The van der Waals surface area contributed by atoms with E-state index in [9.17, 15) is 4.39 Å². The van der Waals surface area contributed by atoms with Crippen LogP contribution in [0.1, 0.15) is 32.1 Å². The summed E-state index contributed by atoms with van der Waals surface area (Å²) in [6.45, 7) is 0.854. The third-order valence-corrected chi connectivity index (χ3v) is 5.54. The summed E-state index contributed by atoms with van der Waals surface area (Å²) in [5, 5.41) is 3.38. The molecular weight excluding hydrogens is 275 g/mol. The number of hydrogen-bond donors (Lipinski definition) is 2. The summed E-state index contributed by atoms with van der Waals surface area (Å²) in [6, 6.07) is 2.95. The molecule has 0 aliphatic heterocycles. The molecule has 0 heterocycles. The summed E-state index contributed by atoms with van der Waals surface area (Å²) in [4.78, 5) is 0. The Balaban J connectivity index is 2.09. The van der Waals surface area contributed by atoms with Crippen molar-refractivity contribution in [1.82, 2.24) is 0 Å². The Hall–Kier alpha value is -1.10. The van der Waals surface area contributed by atoms with Crippen molar-refractivity contribution in [3.8, 4) is 5.75 Å². The van der Waals surface area contributed by atoms with Gasteiger partial charge in [0, 0.05) is 23.4 Å². The molecule has 1 fully saturated rings. The third-order valence-electron chi connectivity index (χ3n) is 4.12. The second kappa shape index (κ2) is 6.57. The first kappa shape index (κ1) is 15.3. The molecule has 0 atom stereocenters. The predicted molar refractivity (Wildman–Crippen MR) is 85.2 cm³/mol. The Morgan fingerprint density at radius 1 is 1.35 bits per heavy atom. The smallest absolute Gasteiger partial charge is 0.167 e. The number of nitrogens with two attached hydrogens (primary N) is 1. The van der Waals surface area contributed by atoms with Crippen LogP contribution in [-0.2, 0) is 0 Å². The number of nitrogens with one attached hydrogen (secondary N) is 1. The molecule has 0 amide bonds. The molecule has 1 aliphatic carbocycles. The average molecular weight is 298 g/mol. The van der Waals surface area contributed by atoms with E-state index >= 15 is 0 Å². The van der Waals surface area contributed by atoms with Gasteiger partial charge < -0.3 is 15.8 Å². The molecule has 20 heavy (non-hydrogen) atoms. The zero-order valence-electron chi connectivity index (χ0n) is 12.2. The van der Waals surface area contributed by atoms with E-state index in [2.05, 4.69) is 11.6 Å². The van der Waals surface area contributed by atoms with E-state index < -0.39 is 5.82 Å². The normalized spacial score (nSPS) is 17.8. The number of anilines is 2. The van der Waals surface area contributed by atoms with E-state index in [0.29, 0.717) is 5.69 Å². The minimum atomic E-state index is -0.423. The van der Waals surface area contributed by atoms with E-state index in [1.165, 1.54) is 45.3 Å². The summed E-state index contributed by atoms with van der Waals surface area (Å²) in [5.74, 6) is -0.198. The zero-order valence-corrected chi connectivity index (χ0v) is 13.0. The highest BCUT2D eigenvalue weighted by molar-refractivity contribution is 8.00. The van der Waals surface area contributed by atoms with Gasteiger partial charge in [0.2, 0.25) is 0 Å². The lowest BCUT2D eigenvalue weighted by Gasteiger charge is -2.36. The summed E-state index contributed by atoms with van der Waals surface area (Å²) in [5.41, 5.74) is 7.06. The van der Waals surface area contributed by atoms with Gasteiger partial charge in [0.25, 0.3) is 0 Å². The van der Waals surface area contributed by atoms with Gasteiger partial charge in [-0.2, -0.15) is 11.8 Å². The van der Waals surface area contributed by atoms with Gasteiger partial charge in [-0.1, -0.05) is 19.3 Å². The monoisotopic (exact) mass is 298 g/mol. The van der Waals surface area contributed by atoms with E-state index in [-0.39, 0.29) is 10.5 Å². The predicted octanol–water partition coefficient (Wildman–Crippen LogP) is 3.89. The lowest BCUT2D eigenvalue weighted by Crippen LogP contribution is -2.35. The molecule has 112 valence electrons. The van der Waals surface area contributed by atoms with Crippen molar-refractivity contribution in [2.24, 2.45) is 0 Å². The maximum absolute atomic E-state index is 13.5. The molecular formula is C15H23FN2OS. The molecule has 0 radical (unpaired) electrons. The summed E-state index contributed by atoms with van der Waals surface area (Å²) >= 11 is 1.92. The number of methoxy groups -OCH3 is 1. The van der Waals surface area contributed by atoms with Gasteiger partial charge >= 0.3 is 0 Å². The fourth-order valence-electron chi connectivity index (χ4n) is 2.78. The Labute approximate surface area is 124 Å². The highest BCUT2D eigenvalue weighted by atomic mass is 32.2. The first-order valence-corrected chi connectivity index (χ1v) is 8.25. The molecule has 0 saturated heterocycles. The lowest BCUT2D eigenvalue weighted by molar-refractivity contribution is 0.386. The van der Waals surface area contributed by atoms with E-state index in [4.69, 9.17) is 10.5 Å². The van der Waals surface area contributed by atoms with Gasteiger partial charge in [-0.25, -0.2) is 4.39 Å². The number of halogens is 1. The lowest BCUT2D eigenvalue weighted by atomic mass is 9.88. The molecule has 0 aromatic heterocycles. The van der Waals surface area contributed by atoms with Crippen molar-refractivity contribution in [2.45, 2.75) is 36.9 Å². The fraction of sp³-hybridized carbons (Fsp3) is 0.600. The van der Waals surface area contributed by atoms with Gasteiger partial charge in [-0.15, -0.1) is 0 Å². The maximum atomic E-state index is 13.5. The molecule has 2 rings (SSSR count). The maximum Gasteiger partial charge on any atom is 0.167 e. The van der Waals surface area contributed by atoms with Crippen LogP contribution in [0.4, 0.5) is 15.8 Å². The number of hydrogen-bond acceptors (Lipinski definition) is 4. The van der Waals surface area contributed by atoms with Crippen LogP contribution in [0.3, 0.4) is 0 Å². The largest absolute Gasteiger partial charge is 0.494 e. The number of ether oxygens (including phenoxy) is 1. The van der Waals surface area contributed by atoms with Crippen molar-refractivity contribution >= 4 is 23.1 Å². The molecule has 1 aromatic rings. The van der Waals surface area contributed by atoms with Gasteiger partial charge in [-0.05, 0) is 19.1 Å². The molecule has 3 nitrogen and oxygen atoms in total. The molecule has 1 aromatic carbocycles. The van der Waals surface area contributed by atoms with Crippen LogP contribution in [0, 0.1) is 5.82 Å². The molecule has 3 N–H and O–H groups in total. The number of benzene rings is 1. The SMILES string of the molecule is COc1cc(NCC2(SC)CCCCC2)c(N)cc1F. The molecule has 0 bridgehead atoms. The third kappa shape index (κ3) is 3.32. The fourth-order valence-corrected chi connectivity index (χ4v) is 3.70. The van der Waals surface area contributed by atoms with Gasteiger partial charge in [0.15, 0.2) is 11.6 Å². The minimum Gasteiger partial charge on any atom is -0.494 e. The number of thioether (sulfide) groups is 1. The Morgan fingerprint density at radius 2 is 2.05 bits per heavy atom. The van der Waals surface area contributed by atoms with E-state index in [1.54, 1.807) is 6.07 Å². The second-order valence-corrected chi connectivity index (χ2v) is 6.65. The Bertz CT molecular complexity index is 461. The molecule has 0 unspecified atom stereocenters. The van der Waals surface area contributed by atoms with Crippen molar-refractivity contribution in [2.75, 3.05) is 31.0 Å². The van der Waals surface area contributed by atoms with Gasteiger partial charge in [0.1, 0.15) is 0 Å². The standard InChI is InChI=1S/C15H23FN2OS/c1-19-14-9-13(12(17)8-11(14)16)18-10-15(20-2)6-4-3-5-7-15/h8-9,18H,3-7,10,17H2,1-2H3. The van der Waals surface area contributed by atoms with Crippen LogP contribution in [0.2, 0.25) is 0 Å².